The van der Waals surface area contributed by atoms with E-state index in [1.807, 2.05) is 0 Å². The molecule has 88 valence electrons. The molecule has 15 heavy (non-hydrogen) atoms. The van der Waals surface area contributed by atoms with Crippen LogP contribution in [0.2, 0.25) is 0 Å². The molecule has 2 atom stereocenters. The summed E-state index contributed by atoms with van der Waals surface area (Å²) in [5, 5.41) is 0.214. The van der Waals surface area contributed by atoms with Crippen LogP contribution in [0.5, 0.6) is 0 Å². The predicted octanol–water partition coefficient (Wildman–Crippen LogP) is 2.61. The number of halogens is 1. The third-order valence-electron chi connectivity index (χ3n) is 3.80. The largest absolute Gasteiger partial charge is 0.229 e. The third kappa shape index (κ3) is 3.10. The van der Waals surface area contributed by atoms with Crippen LogP contribution < -0.4 is 0 Å². The highest BCUT2D eigenvalue weighted by molar-refractivity contribution is 7.91. The molecule has 0 aromatic carbocycles. The van der Waals surface area contributed by atoms with E-state index in [1.165, 1.54) is 25.7 Å². The number of hydrogen-bond donors (Lipinski definition) is 0. The first-order valence-corrected chi connectivity index (χ1v) is 8.17. The van der Waals surface area contributed by atoms with Crippen LogP contribution in [0.1, 0.15) is 38.5 Å². The first-order chi connectivity index (χ1) is 7.07. The van der Waals surface area contributed by atoms with Gasteiger partial charge in [0.05, 0.1) is 11.5 Å². The Hall–Kier alpha value is 0.240. The second-order valence-corrected chi connectivity index (χ2v) is 7.85. The van der Waals surface area contributed by atoms with Crippen molar-refractivity contribution >= 4 is 21.4 Å². The fourth-order valence-corrected chi connectivity index (χ4v) is 5.27. The summed E-state index contributed by atoms with van der Waals surface area (Å²) in [7, 11) is -2.72. The maximum absolute atomic E-state index is 11.3. The van der Waals surface area contributed by atoms with Crippen molar-refractivity contribution in [1.29, 1.82) is 0 Å². The number of hydrogen-bond acceptors (Lipinski definition) is 2. The topological polar surface area (TPSA) is 34.1 Å². The highest BCUT2D eigenvalue weighted by Gasteiger charge is 2.32. The van der Waals surface area contributed by atoms with E-state index in [4.69, 9.17) is 11.6 Å². The van der Waals surface area contributed by atoms with E-state index < -0.39 is 9.84 Å². The summed E-state index contributed by atoms with van der Waals surface area (Å²) in [6, 6.07) is 0. The van der Waals surface area contributed by atoms with Crippen molar-refractivity contribution in [3.8, 4) is 0 Å². The van der Waals surface area contributed by atoms with Crippen LogP contribution in [0.15, 0.2) is 0 Å². The summed E-state index contributed by atoms with van der Waals surface area (Å²) in [4.78, 5) is 0. The van der Waals surface area contributed by atoms with Gasteiger partial charge in [0.15, 0.2) is 9.84 Å². The number of sulfone groups is 1. The van der Waals surface area contributed by atoms with Gasteiger partial charge in [-0.25, -0.2) is 8.42 Å². The summed E-state index contributed by atoms with van der Waals surface area (Å²) in [6.45, 7) is 0. The quantitative estimate of drug-likeness (QED) is 0.722. The van der Waals surface area contributed by atoms with Crippen molar-refractivity contribution in [1.82, 2.24) is 0 Å². The van der Waals surface area contributed by atoms with Gasteiger partial charge in [0.2, 0.25) is 0 Å². The Labute approximate surface area is 97.3 Å². The summed E-state index contributed by atoms with van der Waals surface area (Å²) >= 11 is 6.37. The minimum absolute atomic E-state index is 0.214. The van der Waals surface area contributed by atoms with E-state index in [0.717, 1.165) is 12.8 Å². The molecular weight excluding hydrogens is 232 g/mol. The normalized spacial score (nSPS) is 33.3. The first kappa shape index (κ1) is 11.7. The molecule has 0 aromatic heterocycles. The fourth-order valence-electron chi connectivity index (χ4n) is 2.89. The molecular formula is C11H19ClO2S. The van der Waals surface area contributed by atoms with Gasteiger partial charge in [-0.3, -0.25) is 0 Å². The van der Waals surface area contributed by atoms with Gasteiger partial charge in [-0.05, 0) is 37.5 Å². The van der Waals surface area contributed by atoms with Crippen molar-refractivity contribution in [2.24, 2.45) is 11.8 Å². The van der Waals surface area contributed by atoms with Crippen LogP contribution in [0.4, 0.5) is 0 Å². The highest BCUT2D eigenvalue weighted by atomic mass is 35.5. The second-order valence-electron chi connectivity index (χ2n) is 5.07. The zero-order valence-corrected chi connectivity index (χ0v) is 10.6. The van der Waals surface area contributed by atoms with Gasteiger partial charge in [-0.1, -0.05) is 12.8 Å². The lowest BCUT2D eigenvalue weighted by atomic mass is 9.94. The SMILES string of the molecule is O=S1(=O)CCC(CC(Cl)C2CCCC2)C1. The van der Waals surface area contributed by atoms with E-state index in [2.05, 4.69) is 0 Å². The van der Waals surface area contributed by atoms with Crippen LogP contribution in [-0.2, 0) is 9.84 Å². The summed E-state index contributed by atoms with van der Waals surface area (Å²) < 4.78 is 22.6. The third-order valence-corrected chi connectivity index (χ3v) is 6.17. The van der Waals surface area contributed by atoms with Crippen LogP contribution in [0, 0.1) is 11.8 Å². The van der Waals surface area contributed by atoms with Crippen LogP contribution in [0.3, 0.4) is 0 Å². The van der Waals surface area contributed by atoms with E-state index in [1.54, 1.807) is 0 Å². The average molecular weight is 251 g/mol. The minimum atomic E-state index is -2.72. The van der Waals surface area contributed by atoms with Crippen molar-refractivity contribution < 1.29 is 8.42 Å². The molecule has 1 heterocycles. The predicted molar refractivity (Wildman–Crippen MR) is 63.0 cm³/mol. The molecule has 1 saturated carbocycles. The summed E-state index contributed by atoms with van der Waals surface area (Å²) in [6.07, 6.45) is 6.83. The molecule has 1 aliphatic carbocycles. The molecule has 2 nitrogen and oxygen atoms in total. The van der Waals surface area contributed by atoms with Gasteiger partial charge in [0.25, 0.3) is 0 Å². The Morgan fingerprint density at radius 2 is 1.87 bits per heavy atom. The maximum Gasteiger partial charge on any atom is 0.150 e. The second kappa shape index (κ2) is 4.62. The minimum Gasteiger partial charge on any atom is -0.229 e. The molecule has 2 rings (SSSR count). The Bertz CT molecular complexity index is 307. The van der Waals surface area contributed by atoms with Gasteiger partial charge in [-0.2, -0.15) is 0 Å². The highest BCUT2D eigenvalue weighted by Crippen LogP contribution is 2.35. The maximum atomic E-state index is 11.3. The summed E-state index contributed by atoms with van der Waals surface area (Å²) in [5.74, 6) is 1.74. The van der Waals surface area contributed by atoms with Crippen LogP contribution in [0.25, 0.3) is 0 Å². The van der Waals surface area contributed by atoms with Crippen molar-refractivity contribution in [3.63, 3.8) is 0 Å². The molecule has 2 aliphatic rings. The zero-order chi connectivity index (χ0) is 10.9. The molecule has 0 N–H and O–H groups in total. The zero-order valence-electron chi connectivity index (χ0n) is 8.99. The number of alkyl halides is 1. The van der Waals surface area contributed by atoms with Crippen LogP contribution in [-0.4, -0.2) is 25.3 Å². The molecule has 0 amide bonds. The van der Waals surface area contributed by atoms with Gasteiger partial charge in [0.1, 0.15) is 0 Å². The lowest BCUT2D eigenvalue weighted by Gasteiger charge is -2.19. The lowest BCUT2D eigenvalue weighted by Crippen LogP contribution is -2.17. The molecule has 1 aliphatic heterocycles. The monoisotopic (exact) mass is 250 g/mol. The lowest BCUT2D eigenvalue weighted by molar-refractivity contribution is 0.427. The van der Waals surface area contributed by atoms with E-state index in [9.17, 15) is 8.42 Å². The summed E-state index contributed by atoms with van der Waals surface area (Å²) in [5.41, 5.74) is 0. The van der Waals surface area contributed by atoms with Gasteiger partial charge in [-0.15, -0.1) is 11.6 Å². The smallest absolute Gasteiger partial charge is 0.150 e. The Kier molecular flexibility index (Phi) is 3.61. The molecule has 1 saturated heterocycles. The molecule has 2 unspecified atom stereocenters. The standard InChI is InChI=1S/C11H19ClO2S/c12-11(10-3-1-2-4-10)7-9-5-6-15(13,14)8-9/h9-11H,1-8H2. The van der Waals surface area contributed by atoms with Crippen molar-refractivity contribution in [2.45, 2.75) is 43.9 Å². The number of rotatable bonds is 3. The van der Waals surface area contributed by atoms with Crippen LogP contribution >= 0.6 is 11.6 Å². The van der Waals surface area contributed by atoms with E-state index in [-0.39, 0.29) is 5.38 Å². The first-order valence-electron chi connectivity index (χ1n) is 5.91. The molecule has 0 aromatic rings. The molecule has 0 spiro atoms. The van der Waals surface area contributed by atoms with Gasteiger partial charge in [0, 0.05) is 5.38 Å². The van der Waals surface area contributed by atoms with Gasteiger partial charge >= 0.3 is 0 Å². The van der Waals surface area contributed by atoms with Crippen molar-refractivity contribution in [2.75, 3.05) is 11.5 Å². The Morgan fingerprint density at radius 3 is 2.40 bits per heavy atom. The van der Waals surface area contributed by atoms with E-state index in [0.29, 0.717) is 23.3 Å². The van der Waals surface area contributed by atoms with Crippen molar-refractivity contribution in [3.05, 3.63) is 0 Å². The molecule has 2 fully saturated rings. The Morgan fingerprint density at radius 1 is 1.20 bits per heavy atom. The average Bonchev–Trinajstić information content (AvgIpc) is 2.74. The Balaban J connectivity index is 1.82. The molecule has 0 bridgehead atoms. The molecule has 0 radical (unpaired) electrons. The van der Waals surface area contributed by atoms with Gasteiger partial charge < -0.3 is 0 Å². The van der Waals surface area contributed by atoms with E-state index >= 15 is 0 Å². The fraction of sp³-hybridized carbons (Fsp3) is 1.00. The molecule has 4 heteroatoms.